The maximum atomic E-state index is 11.1. The molecule has 2 aromatic carbocycles. The Morgan fingerprint density at radius 3 is 2.81 bits per heavy atom. The van der Waals surface area contributed by atoms with E-state index in [0.29, 0.717) is 23.6 Å². The summed E-state index contributed by atoms with van der Waals surface area (Å²) in [6, 6.07) is 13.2. The van der Waals surface area contributed by atoms with E-state index >= 15 is 0 Å². The molecular formula is C16H14BrNO3. The topological polar surface area (TPSA) is 52.4 Å². The van der Waals surface area contributed by atoms with Crippen molar-refractivity contribution in [1.29, 1.82) is 0 Å². The van der Waals surface area contributed by atoms with Crippen molar-refractivity contribution >= 4 is 21.6 Å². The zero-order valence-corrected chi connectivity index (χ0v) is 12.9. The van der Waals surface area contributed by atoms with Crippen LogP contribution < -0.4 is 4.74 Å². The number of hydrogen-bond donors (Lipinski definition) is 0. The molecule has 0 heterocycles. The second kappa shape index (κ2) is 5.85. The molecule has 0 aromatic heterocycles. The number of nitrogens with zero attached hydrogens (tertiary/aromatic N) is 1. The third-order valence-electron chi connectivity index (χ3n) is 3.78. The van der Waals surface area contributed by atoms with Gasteiger partial charge < -0.3 is 4.74 Å². The quantitative estimate of drug-likeness (QED) is 0.462. The van der Waals surface area contributed by atoms with Gasteiger partial charge in [0.15, 0.2) is 5.75 Å². The fraction of sp³-hybridized carbons (Fsp3) is 0.250. The molecule has 5 heteroatoms. The van der Waals surface area contributed by atoms with Crippen molar-refractivity contribution in [3.63, 3.8) is 0 Å². The second-order valence-electron chi connectivity index (χ2n) is 5.10. The Morgan fingerprint density at radius 2 is 2.10 bits per heavy atom. The molecule has 3 rings (SSSR count). The van der Waals surface area contributed by atoms with Crippen molar-refractivity contribution in [1.82, 2.24) is 0 Å². The number of nitro benzene ring substituents is 1. The lowest BCUT2D eigenvalue weighted by Crippen LogP contribution is -2.23. The van der Waals surface area contributed by atoms with Crippen molar-refractivity contribution < 1.29 is 9.66 Å². The molecule has 0 N–H and O–H groups in total. The Hall–Kier alpha value is -1.88. The number of benzene rings is 2. The van der Waals surface area contributed by atoms with Crippen LogP contribution in [-0.2, 0) is 11.8 Å². The summed E-state index contributed by atoms with van der Waals surface area (Å²) < 4.78 is 5.74. The SMILES string of the molecule is O=[N+]([O-])c1ccc(CBr)cc1OCC1Cc2ccccc21. The summed E-state index contributed by atoms with van der Waals surface area (Å²) in [7, 11) is 0. The van der Waals surface area contributed by atoms with Gasteiger partial charge in [-0.25, -0.2) is 0 Å². The van der Waals surface area contributed by atoms with Gasteiger partial charge in [-0.15, -0.1) is 0 Å². The lowest BCUT2D eigenvalue weighted by Gasteiger charge is -2.29. The van der Waals surface area contributed by atoms with Gasteiger partial charge in [0.1, 0.15) is 0 Å². The van der Waals surface area contributed by atoms with Gasteiger partial charge in [0.25, 0.3) is 0 Å². The number of fused-ring (bicyclic) bond motifs is 1. The van der Waals surface area contributed by atoms with Crippen LogP contribution in [0.3, 0.4) is 0 Å². The van der Waals surface area contributed by atoms with Gasteiger partial charge in [-0.3, -0.25) is 10.1 Å². The molecule has 0 saturated carbocycles. The van der Waals surface area contributed by atoms with Gasteiger partial charge in [-0.2, -0.15) is 0 Å². The van der Waals surface area contributed by atoms with Gasteiger partial charge in [-0.05, 0) is 29.2 Å². The minimum Gasteiger partial charge on any atom is -0.486 e. The molecule has 1 aliphatic carbocycles. The van der Waals surface area contributed by atoms with Gasteiger partial charge in [-0.1, -0.05) is 46.3 Å². The normalized spacial score (nSPS) is 16.0. The van der Waals surface area contributed by atoms with Gasteiger partial charge >= 0.3 is 5.69 Å². The number of alkyl halides is 1. The maximum absolute atomic E-state index is 11.1. The van der Waals surface area contributed by atoms with E-state index in [1.165, 1.54) is 17.2 Å². The summed E-state index contributed by atoms with van der Waals surface area (Å²) in [5, 5.41) is 11.7. The molecule has 1 atom stereocenters. The van der Waals surface area contributed by atoms with E-state index in [2.05, 4.69) is 28.1 Å². The molecule has 0 spiro atoms. The molecule has 0 bridgehead atoms. The van der Waals surface area contributed by atoms with Crippen LogP contribution in [0.25, 0.3) is 0 Å². The molecule has 4 nitrogen and oxygen atoms in total. The van der Waals surface area contributed by atoms with E-state index in [9.17, 15) is 10.1 Å². The summed E-state index contributed by atoms with van der Waals surface area (Å²) >= 11 is 3.35. The molecule has 0 radical (unpaired) electrons. The monoisotopic (exact) mass is 347 g/mol. The highest BCUT2D eigenvalue weighted by Crippen LogP contribution is 2.36. The Bertz CT molecular complexity index is 687. The lowest BCUT2D eigenvalue weighted by molar-refractivity contribution is -0.385. The van der Waals surface area contributed by atoms with Crippen molar-refractivity contribution in [2.24, 2.45) is 0 Å². The van der Waals surface area contributed by atoms with E-state index in [4.69, 9.17) is 4.74 Å². The van der Waals surface area contributed by atoms with Gasteiger partial charge in [0.05, 0.1) is 11.5 Å². The molecule has 0 saturated heterocycles. The standard InChI is InChI=1S/C16H14BrNO3/c17-9-11-5-6-15(18(19)20)16(7-11)21-10-13-8-12-3-1-2-4-14(12)13/h1-7,13H,8-10H2. The number of rotatable bonds is 5. The van der Waals surface area contributed by atoms with Gasteiger partial charge in [0, 0.05) is 17.3 Å². The highest BCUT2D eigenvalue weighted by molar-refractivity contribution is 9.08. The summed E-state index contributed by atoms with van der Waals surface area (Å²) in [6.07, 6.45) is 0.974. The zero-order chi connectivity index (χ0) is 14.8. The number of ether oxygens (including phenoxy) is 1. The van der Waals surface area contributed by atoms with Crippen LogP contribution in [0, 0.1) is 10.1 Å². The van der Waals surface area contributed by atoms with Crippen molar-refractivity contribution in [2.45, 2.75) is 17.7 Å². The van der Waals surface area contributed by atoms with E-state index in [1.54, 1.807) is 12.1 Å². The molecule has 0 aliphatic heterocycles. The van der Waals surface area contributed by atoms with E-state index in [-0.39, 0.29) is 5.69 Å². The highest BCUT2D eigenvalue weighted by atomic mass is 79.9. The summed E-state index contributed by atoms with van der Waals surface area (Å²) in [5.41, 5.74) is 3.61. The van der Waals surface area contributed by atoms with Crippen LogP contribution in [0.4, 0.5) is 5.69 Å². The van der Waals surface area contributed by atoms with Crippen molar-refractivity contribution in [3.05, 3.63) is 69.3 Å². The third-order valence-corrected chi connectivity index (χ3v) is 4.42. The summed E-state index contributed by atoms with van der Waals surface area (Å²) in [6.45, 7) is 0.476. The average Bonchev–Trinajstić information content (AvgIpc) is 2.47. The Morgan fingerprint density at radius 1 is 1.29 bits per heavy atom. The predicted octanol–water partition coefficient (Wildman–Crippen LogP) is 4.21. The van der Waals surface area contributed by atoms with Crippen LogP contribution in [0.2, 0.25) is 0 Å². The molecule has 21 heavy (non-hydrogen) atoms. The van der Waals surface area contributed by atoms with E-state index < -0.39 is 4.92 Å². The smallest absolute Gasteiger partial charge is 0.310 e. The first kappa shape index (κ1) is 14.1. The molecule has 2 aromatic rings. The molecule has 0 fully saturated rings. The van der Waals surface area contributed by atoms with Crippen LogP contribution in [0.5, 0.6) is 5.75 Å². The fourth-order valence-electron chi connectivity index (χ4n) is 2.61. The Kier molecular flexibility index (Phi) is 3.92. The molecule has 0 amide bonds. The van der Waals surface area contributed by atoms with E-state index in [0.717, 1.165) is 12.0 Å². The van der Waals surface area contributed by atoms with Crippen LogP contribution in [0.1, 0.15) is 22.6 Å². The number of hydrogen-bond acceptors (Lipinski definition) is 3. The van der Waals surface area contributed by atoms with E-state index in [1.807, 2.05) is 12.1 Å². The predicted molar refractivity (Wildman–Crippen MR) is 84.1 cm³/mol. The molecular weight excluding hydrogens is 334 g/mol. The maximum Gasteiger partial charge on any atom is 0.310 e. The number of nitro groups is 1. The summed E-state index contributed by atoms with van der Waals surface area (Å²) in [4.78, 5) is 10.7. The average molecular weight is 348 g/mol. The van der Waals surface area contributed by atoms with Crippen molar-refractivity contribution in [2.75, 3.05) is 6.61 Å². The third kappa shape index (κ3) is 2.78. The molecule has 108 valence electrons. The molecule has 1 aliphatic rings. The zero-order valence-electron chi connectivity index (χ0n) is 11.3. The minimum atomic E-state index is -0.401. The van der Waals surface area contributed by atoms with Crippen LogP contribution in [-0.4, -0.2) is 11.5 Å². The molecule has 1 unspecified atom stereocenters. The second-order valence-corrected chi connectivity index (χ2v) is 5.66. The Balaban J connectivity index is 1.75. The highest BCUT2D eigenvalue weighted by Gasteiger charge is 2.27. The van der Waals surface area contributed by atoms with Crippen LogP contribution in [0.15, 0.2) is 42.5 Å². The Labute approximate surface area is 131 Å². The fourth-order valence-corrected chi connectivity index (χ4v) is 2.96. The largest absolute Gasteiger partial charge is 0.486 e. The summed E-state index contributed by atoms with van der Waals surface area (Å²) in [5.74, 6) is 0.676. The first-order chi connectivity index (χ1) is 10.2. The van der Waals surface area contributed by atoms with Crippen LogP contribution >= 0.6 is 15.9 Å². The van der Waals surface area contributed by atoms with Gasteiger partial charge in [0.2, 0.25) is 0 Å². The number of halogens is 1. The first-order valence-electron chi connectivity index (χ1n) is 6.73. The first-order valence-corrected chi connectivity index (χ1v) is 7.85. The minimum absolute atomic E-state index is 0.0207. The van der Waals surface area contributed by atoms with Crippen molar-refractivity contribution in [3.8, 4) is 5.75 Å². The lowest BCUT2D eigenvalue weighted by atomic mass is 9.78.